The predicted molar refractivity (Wildman–Crippen MR) is 97.4 cm³/mol. The van der Waals surface area contributed by atoms with Crippen LogP contribution in [0.15, 0.2) is 17.2 Å². The normalized spacial score (nSPS) is 14.6. The number of rotatable bonds is 3. The van der Waals surface area contributed by atoms with Gasteiger partial charge in [0, 0.05) is 18.5 Å². The molecule has 25 heavy (non-hydrogen) atoms. The van der Waals surface area contributed by atoms with Crippen molar-refractivity contribution in [3.63, 3.8) is 0 Å². The van der Waals surface area contributed by atoms with Crippen molar-refractivity contribution in [2.45, 2.75) is 26.3 Å². The van der Waals surface area contributed by atoms with Crippen LogP contribution in [0.4, 0.5) is 5.82 Å². The van der Waals surface area contributed by atoms with Crippen molar-refractivity contribution >= 4 is 43.6 Å². The summed E-state index contributed by atoms with van der Waals surface area (Å²) >= 11 is 1.34. The number of anilines is 1. The Balaban J connectivity index is 1.88. The molecule has 0 unspecified atom stereocenters. The Labute approximate surface area is 147 Å². The molecule has 0 aromatic carbocycles. The maximum absolute atomic E-state index is 12.7. The van der Waals surface area contributed by atoms with Crippen LogP contribution in [0.3, 0.4) is 0 Å². The highest BCUT2D eigenvalue weighted by atomic mass is 32.1. The molecule has 0 radical (unpaired) electrons. The molecule has 1 aliphatic rings. The second-order valence-corrected chi connectivity index (χ2v) is 7.20. The first kappa shape index (κ1) is 16.0. The number of nitrogens with zero attached hydrogens (tertiary/aromatic N) is 4. The van der Waals surface area contributed by atoms with Crippen molar-refractivity contribution in [1.82, 2.24) is 14.5 Å². The van der Waals surface area contributed by atoms with E-state index in [0.717, 1.165) is 34.7 Å². The van der Waals surface area contributed by atoms with Gasteiger partial charge in [0.15, 0.2) is 0 Å². The number of hydrogen-bond acceptors (Lipinski definition) is 7. The first-order chi connectivity index (χ1) is 12.1. The van der Waals surface area contributed by atoms with Crippen LogP contribution in [0.25, 0.3) is 20.4 Å². The number of carbonyl (C=O) groups excluding carboxylic acids is 1. The zero-order valence-electron chi connectivity index (χ0n) is 14.1. The Morgan fingerprint density at radius 1 is 1.36 bits per heavy atom. The van der Waals surface area contributed by atoms with Gasteiger partial charge >= 0.3 is 5.97 Å². The fourth-order valence-electron chi connectivity index (χ4n) is 3.25. The van der Waals surface area contributed by atoms with Crippen LogP contribution >= 0.6 is 11.3 Å². The van der Waals surface area contributed by atoms with Gasteiger partial charge in [0.1, 0.15) is 21.9 Å². The molecule has 7 nitrogen and oxygen atoms in total. The van der Waals surface area contributed by atoms with E-state index in [0.29, 0.717) is 10.2 Å². The van der Waals surface area contributed by atoms with Gasteiger partial charge in [0.2, 0.25) is 0 Å². The van der Waals surface area contributed by atoms with Crippen molar-refractivity contribution in [3.05, 3.63) is 28.3 Å². The minimum Gasteiger partial charge on any atom is -0.468 e. The van der Waals surface area contributed by atoms with Crippen LogP contribution < -0.4 is 10.5 Å². The molecule has 8 heteroatoms. The molecule has 4 rings (SSSR count). The highest BCUT2D eigenvalue weighted by Crippen LogP contribution is 2.34. The molecular formula is C17H18N4O3S. The van der Waals surface area contributed by atoms with Crippen LogP contribution in [-0.4, -0.2) is 40.7 Å². The fraction of sp³-hybridized carbons (Fsp3) is 0.412. The highest BCUT2D eigenvalue weighted by Gasteiger charge is 2.19. The predicted octanol–water partition coefficient (Wildman–Crippen LogP) is 2.09. The van der Waals surface area contributed by atoms with E-state index in [9.17, 15) is 9.59 Å². The molecule has 3 aromatic heterocycles. The Morgan fingerprint density at radius 3 is 2.84 bits per heavy atom. The smallest absolute Gasteiger partial charge is 0.325 e. The minimum atomic E-state index is -0.477. The van der Waals surface area contributed by atoms with Crippen LogP contribution in [0.5, 0.6) is 0 Å². The van der Waals surface area contributed by atoms with Gasteiger partial charge < -0.3 is 9.64 Å². The molecule has 0 atom stereocenters. The Bertz CT molecular complexity index is 1030. The van der Waals surface area contributed by atoms with Crippen molar-refractivity contribution in [2.75, 3.05) is 25.1 Å². The number of aryl methyl sites for hydroxylation is 1. The zero-order valence-corrected chi connectivity index (χ0v) is 14.9. The summed E-state index contributed by atoms with van der Waals surface area (Å²) in [4.78, 5) is 36.4. The lowest BCUT2D eigenvalue weighted by molar-refractivity contribution is -0.141. The van der Waals surface area contributed by atoms with E-state index in [1.165, 1.54) is 42.2 Å². The van der Waals surface area contributed by atoms with Gasteiger partial charge in [-0.25, -0.2) is 9.97 Å². The van der Waals surface area contributed by atoms with E-state index < -0.39 is 5.97 Å². The Hall–Kier alpha value is -2.48. The summed E-state index contributed by atoms with van der Waals surface area (Å²) in [5.74, 6) is 0.485. The number of pyridine rings is 1. The number of fused-ring (bicyclic) bond motifs is 3. The van der Waals surface area contributed by atoms with E-state index in [-0.39, 0.29) is 12.1 Å². The maximum atomic E-state index is 12.7. The Kier molecular flexibility index (Phi) is 3.91. The van der Waals surface area contributed by atoms with E-state index in [4.69, 9.17) is 4.98 Å². The summed E-state index contributed by atoms with van der Waals surface area (Å²) in [5, 5.41) is 0.922. The molecule has 0 amide bonds. The van der Waals surface area contributed by atoms with E-state index in [1.54, 1.807) is 0 Å². The molecule has 0 aliphatic carbocycles. The molecule has 4 heterocycles. The quantitative estimate of drug-likeness (QED) is 0.667. The number of ether oxygens (including phenoxy) is 1. The average Bonchev–Trinajstić information content (AvgIpc) is 3.25. The summed E-state index contributed by atoms with van der Waals surface area (Å²) in [6, 6.07) is 2.07. The van der Waals surface area contributed by atoms with Crippen molar-refractivity contribution in [3.8, 4) is 0 Å². The second-order valence-electron chi connectivity index (χ2n) is 6.21. The molecule has 3 aromatic rings. The molecule has 0 N–H and O–H groups in total. The van der Waals surface area contributed by atoms with Crippen LogP contribution in [0.1, 0.15) is 18.4 Å². The second kappa shape index (κ2) is 6.11. The number of thiophene rings is 1. The van der Waals surface area contributed by atoms with Crippen LogP contribution in [0, 0.1) is 6.92 Å². The standard InChI is InChI=1S/C17H18N4O3S/c1-10-7-11(20-5-3-4-6-20)19-16-13(10)14-15(25-16)17(23)21(9-18-14)8-12(22)24-2/h7,9H,3-6,8H2,1-2H3. The van der Waals surface area contributed by atoms with Gasteiger partial charge in [-0.3, -0.25) is 14.2 Å². The first-order valence-corrected chi connectivity index (χ1v) is 9.01. The number of esters is 1. The summed E-state index contributed by atoms with van der Waals surface area (Å²) < 4.78 is 6.43. The monoisotopic (exact) mass is 358 g/mol. The van der Waals surface area contributed by atoms with Crippen LogP contribution in [0.2, 0.25) is 0 Å². The first-order valence-electron chi connectivity index (χ1n) is 8.19. The van der Waals surface area contributed by atoms with Gasteiger partial charge in [0.05, 0.1) is 19.0 Å². The third kappa shape index (κ3) is 2.66. The molecule has 1 aliphatic heterocycles. The number of hydrogen-bond donors (Lipinski definition) is 0. The molecule has 0 spiro atoms. The highest BCUT2D eigenvalue weighted by molar-refractivity contribution is 7.25. The molecular weight excluding hydrogens is 340 g/mol. The third-order valence-corrected chi connectivity index (χ3v) is 5.62. The average molecular weight is 358 g/mol. The molecule has 0 bridgehead atoms. The van der Waals surface area contributed by atoms with Crippen molar-refractivity contribution in [2.24, 2.45) is 0 Å². The van der Waals surface area contributed by atoms with Crippen molar-refractivity contribution in [1.29, 1.82) is 0 Å². The van der Waals surface area contributed by atoms with Gasteiger partial charge in [-0.15, -0.1) is 11.3 Å². The van der Waals surface area contributed by atoms with Crippen LogP contribution in [-0.2, 0) is 16.1 Å². The maximum Gasteiger partial charge on any atom is 0.325 e. The van der Waals surface area contributed by atoms with E-state index in [2.05, 4.69) is 20.7 Å². The van der Waals surface area contributed by atoms with Crippen molar-refractivity contribution < 1.29 is 9.53 Å². The van der Waals surface area contributed by atoms with Gasteiger partial charge in [-0.2, -0.15) is 0 Å². The summed E-state index contributed by atoms with van der Waals surface area (Å²) in [7, 11) is 1.30. The molecule has 130 valence electrons. The minimum absolute atomic E-state index is 0.141. The molecule has 1 saturated heterocycles. The van der Waals surface area contributed by atoms with Gasteiger partial charge in [0.25, 0.3) is 5.56 Å². The lowest BCUT2D eigenvalue weighted by atomic mass is 10.2. The topological polar surface area (TPSA) is 77.3 Å². The number of carbonyl (C=O) groups is 1. The summed E-state index contributed by atoms with van der Waals surface area (Å²) in [5.41, 5.74) is 1.49. The SMILES string of the molecule is COC(=O)Cn1cnc2c(sc3nc(N4CCCC4)cc(C)c32)c1=O. The largest absolute Gasteiger partial charge is 0.468 e. The van der Waals surface area contributed by atoms with Gasteiger partial charge in [-0.1, -0.05) is 0 Å². The number of aromatic nitrogens is 3. The Morgan fingerprint density at radius 2 is 2.12 bits per heavy atom. The lowest BCUT2D eigenvalue weighted by Gasteiger charge is -2.16. The van der Waals surface area contributed by atoms with Gasteiger partial charge in [-0.05, 0) is 31.4 Å². The van der Waals surface area contributed by atoms with E-state index in [1.807, 2.05) is 6.92 Å². The fourth-order valence-corrected chi connectivity index (χ4v) is 4.40. The summed E-state index contributed by atoms with van der Waals surface area (Å²) in [6.45, 7) is 3.93. The lowest BCUT2D eigenvalue weighted by Crippen LogP contribution is -2.24. The molecule has 1 fully saturated rings. The molecule has 0 saturated carbocycles. The summed E-state index contributed by atoms with van der Waals surface area (Å²) in [6.07, 6.45) is 3.78. The zero-order chi connectivity index (χ0) is 17.6. The van der Waals surface area contributed by atoms with E-state index >= 15 is 0 Å². The third-order valence-electron chi connectivity index (χ3n) is 4.56. The number of methoxy groups -OCH3 is 1.